The molecule has 2 aromatic rings. The molecule has 34 heavy (non-hydrogen) atoms. The van der Waals surface area contributed by atoms with Crippen LogP contribution in [-0.2, 0) is 26.2 Å². The molecule has 2 rings (SSSR count). The lowest BCUT2D eigenvalue weighted by Crippen LogP contribution is -2.51. The van der Waals surface area contributed by atoms with Crippen molar-refractivity contribution in [3.8, 4) is 0 Å². The first-order valence-electron chi connectivity index (χ1n) is 10.7. The number of nitrogens with zero attached hydrogens (tertiary/aromatic N) is 2. The molecule has 0 heterocycles. The molecule has 0 fully saturated rings. The predicted molar refractivity (Wildman–Crippen MR) is 133 cm³/mol. The SMILES string of the molecule is CCCCNC(=O)[C@@H](C)N(Cc1c(Cl)cccc1Cl)C(=O)CN(c1cccc(F)c1)S(C)(=O)=O. The van der Waals surface area contributed by atoms with Crippen LogP contribution in [0.15, 0.2) is 42.5 Å². The lowest BCUT2D eigenvalue weighted by Gasteiger charge is -2.32. The van der Waals surface area contributed by atoms with E-state index in [0.717, 1.165) is 29.5 Å². The van der Waals surface area contributed by atoms with E-state index in [9.17, 15) is 22.4 Å². The number of anilines is 1. The van der Waals surface area contributed by atoms with E-state index in [2.05, 4.69) is 5.32 Å². The van der Waals surface area contributed by atoms with Crippen LogP contribution in [0.25, 0.3) is 0 Å². The summed E-state index contributed by atoms with van der Waals surface area (Å²) in [5.41, 5.74) is 0.413. The Morgan fingerprint density at radius 1 is 1.12 bits per heavy atom. The number of halogens is 3. The van der Waals surface area contributed by atoms with Crippen LogP contribution < -0.4 is 9.62 Å². The topological polar surface area (TPSA) is 86.8 Å². The van der Waals surface area contributed by atoms with E-state index in [1.54, 1.807) is 18.2 Å². The predicted octanol–water partition coefficient (Wildman–Crippen LogP) is 4.23. The van der Waals surface area contributed by atoms with Crippen molar-refractivity contribution >= 4 is 50.7 Å². The largest absolute Gasteiger partial charge is 0.354 e. The van der Waals surface area contributed by atoms with Gasteiger partial charge in [-0.05, 0) is 43.7 Å². The van der Waals surface area contributed by atoms with Crippen molar-refractivity contribution in [1.29, 1.82) is 0 Å². The van der Waals surface area contributed by atoms with Crippen molar-refractivity contribution in [2.24, 2.45) is 0 Å². The van der Waals surface area contributed by atoms with Gasteiger partial charge in [0.2, 0.25) is 21.8 Å². The minimum absolute atomic E-state index is 0.00775. The normalized spacial score (nSPS) is 12.2. The van der Waals surface area contributed by atoms with Crippen molar-refractivity contribution in [1.82, 2.24) is 10.2 Å². The molecule has 0 bridgehead atoms. The molecule has 1 atom stereocenters. The van der Waals surface area contributed by atoms with Gasteiger partial charge in [-0.15, -0.1) is 0 Å². The zero-order chi connectivity index (χ0) is 25.5. The van der Waals surface area contributed by atoms with Crippen molar-refractivity contribution in [3.05, 3.63) is 63.9 Å². The Balaban J connectivity index is 2.41. The van der Waals surface area contributed by atoms with Crippen molar-refractivity contribution < 1.29 is 22.4 Å². The summed E-state index contributed by atoms with van der Waals surface area (Å²) in [5, 5.41) is 3.38. The third-order valence-electron chi connectivity index (χ3n) is 5.16. The Bertz CT molecular complexity index is 1110. The number of rotatable bonds is 11. The summed E-state index contributed by atoms with van der Waals surface area (Å²) >= 11 is 12.6. The Hall–Kier alpha value is -2.36. The average molecular weight is 532 g/mol. The van der Waals surface area contributed by atoms with Gasteiger partial charge in [-0.2, -0.15) is 0 Å². The molecule has 0 spiro atoms. The fraction of sp³-hybridized carbons (Fsp3) is 0.391. The Labute approximate surface area is 209 Å². The zero-order valence-electron chi connectivity index (χ0n) is 19.2. The second kappa shape index (κ2) is 12.4. The number of benzene rings is 2. The van der Waals surface area contributed by atoms with Crippen LogP contribution >= 0.6 is 23.2 Å². The van der Waals surface area contributed by atoms with E-state index < -0.39 is 40.2 Å². The zero-order valence-corrected chi connectivity index (χ0v) is 21.6. The molecule has 0 radical (unpaired) electrons. The molecule has 1 N–H and O–H groups in total. The lowest BCUT2D eigenvalue weighted by molar-refractivity contribution is -0.139. The molecule has 0 aliphatic carbocycles. The van der Waals surface area contributed by atoms with Crippen LogP contribution in [0, 0.1) is 5.82 Å². The third-order valence-corrected chi connectivity index (χ3v) is 7.01. The molecular formula is C23H28Cl2FN3O4S. The van der Waals surface area contributed by atoms with Gasteiger partial charge in [0.25, 0.3) is 0 Å². The molecule has 186 valence electrons. The molecule has 2 aromatic carbocycles. The Morgan fingerprint density at radius 3 is 2.29 bits per heavy atom. The number of carbonyl (C=O) groups excluding carboxylic acids is 2. The molecule has 0 aromatic heterocycles. The van der Waals surface area contributed by atoms with E-state index in [0.29, 0.717) is 22.2 Å². The fourth-order valence-electron chi connectivity index (χ4n) is 3.22. The van der Waals surface area contributed by atoms with Gasteiger partial charge < -0.3 is 10.2 Å². The molecule has 0 unspecified atom stereocenters. The first-order valence-corrected chi connectivity index (χ1v) is 13.3. The highest BCUT2D eigenvalue weighted by atomic mass is 35.5. The van der Waals surface area contributed by atoms with E-state index in [4.69, 9.17) is 23.2 Å². The molecule has 0 aliphatic rings. The van der Waals surface area contributed by atoms with Crippen LogP contribution in [-0.4, -0.2) is 50.5 Å². The summed E-state index contributed by atoms with van der Waals surface area (Å²) in [5.74, 6) is -1.73. The second-order valence-electron chi connectivity index (χ2n) is 7.79. The van der Waals surface area contributed by atoms with Gasteiger partial charge in [-0.1, -0.05) is 48.7 Å². The molecule has 0 aliphatic heterocycles. The monoisotopic (exact) mass is 531 g/mol. The number of hydrogen-bond acceptors (Lipinski definition) is 4. The molecule has 0 saturated carbocycles. The van der Waals surface area contributed by atoms with Crippen molar-refractivity contribution in [2.45, 2.75) is 39.3 Å². The second-order valence-corrected chi connectivity index (χ2v) is 10.5. The van der Waals surface area contributed by atoms with E-state index in [1.165, 1.54) is 30.0 Å². The lowest BCUT2D eigenvalue weighted by atomic mass is 10.1. The quantitative estimate of drug-likeness (QED) is 0.439. The van der Waals surface area contributed by atoms with Crippen molar-refractivity contribution in [3.63, 3.8) is 0 Å². The van der Waals surface area contributed by atoms with Crippen LogP contribution in [0.5, 0.6) is 0 Å². The van der Waals surface area contributed by atoms with Gasteiger partial charge in [0.05, 0.1) is 11.9 Å². The van der Waals surface area contributed by atoms with E-state index in [-0.39, 0.29) is 12.2 Å². The summed E-state index contributed by atoms with van der Waals surface area (Å²) in [4.78, 5) is 27.4. The summed E-state index contributed by atoms with van der Waals surface area (Å²) in [6.07, 6.45) is 2.56. The Kier molecular flexibility index (Phi) is 10.1. The number of hydrogen-bond donors (Lipinski definition) is 1. The molecule has 11 heteroatoms. The molecular weight excluding hydrogens is 504 g/mol. The highest BCUT2D eigenvalue weighted by Crippen LogP contribution is 2.27. The number of carbonyl (C=O) groups is 2. The van der Waals surface area contributed by atoms with E-state index >= 15 is 0 Å². The van der Waals surface area contributed by atoms with Gasteiger partial charge in [0.1, 0.15) is 18.4 Å². The van der Waals surface area contributed by atoms with Crippen LogP contribution in [0.3, 0.4) is 0 Å². The maximum absolute atomic E-state index is 13.8. The van der Waals surface area contributed by atoms with Gasteiger partial charge in [-0.25, -0.2) is 12.8 Å². The van der Waals surface area contributed by atoms with Crippen LogP contribution in [0.1, 0.15) is 32.3 Å². The summed E-state index contributed by atoms with van der Waals surface area (Å²) in [6.45, 7) is 3.19. The molecule has 0 saturated heterocycles. The number of amides is 2. The summed E-state index contributed by atoms with van der Waals surface area (Å²) in [7, 11) is -3.95. The molecule has 7 nitrogen and oxygen atoms in total. The Morgan fingerprint density at radius 2 is 1.74 bits per heavy atom. The number of sulfonamides is 1. The fourth-order valence-corrected chi connectivity index (χ4v) is 4.58. The maximum Gasteiger partial charge on any atom is 0.244 e. The number of unbranched alkanes of at least 4 members (excludes halogenated alkanes) is 1. The maximum atomic E-state index is 13.8. The average Bonchev–Trinajstić information content (AvgIpc) is 2.76. The number of nitrogens with one attached hydrogen (secondary N) is 1. The smallest absolute Gasteiger partial charge is 0.244 e. The van der Waals surface area contributed by atoms with E-state index in [1.807, 2.05) is 6.92 Å². The molecule has 2 amide bonds. The highest BCUT2D eigenvalue weighted by molar-refractivity contribution is 7.92. The van der Waals surface area contributed by atoms with Crippen molar-refractivity contribution in [2.75, 3.05) is 23.7 Å². The van der Waals surface area contributed by atoms with Gasteiger partial charge >= 0.3 is 0 Å². The first kappa shape index (κ1) is 27.9. The summed E-state index contributed by atoms with van der Waals surface area (Å²) < 4.78 is 39.5. The minimum Gasteiger partial charge on any atom is -0.354 e. The van der Waals surface area contributed by atoms with Crippen LogP contribution in [0.2, 0.25) is 10.0 Å². The first-order chi connectivity index (χ1) is 16.0. The van der Waals surface area contributed by atoms with Gasteiger partial charge in [0.15, 0.2) is 0 Å². The standard InChI is InChI=1S/C23H28Cl2FN3O4S/c1-4-5-12-27-23(31)16(2)28(14-19-20(24)10-7-11-21(19)25)22(30)15-29(34(3,32)33)18-9-6-8-17(26)13-18/h6-11,13,16H,4-5,12,14-15H2,1-3H3,(H,27,31)/t16-/m1/s1. The minimum atomic E-state index is -3.95. The van der Waals surface area contributed by atoms with Gasteiger partial charge in [0, 0.05) is 28.7 Å². The highest BCUT2D eigenvalue weighted by Gasteiger charge is 2.31. The van der Waals surface area contributed by atoms with Crippen LogP contribution in [0.4, 0.5) is 10.1 Å². The summed E-state index contributed by atoms with van der Waals surface area (Å²) in [6, 6.07) is 8.82. The third kappa shape index (κ3) is 7.58. The van der Waals surface area contributed by atoms with Gasteiger partial charge in [-0.3, -0.25) is 13.9 Å².